The van der Waals surface area contributed by atoms with Crippen LogP contribution in [0.15, 0.2) is 24.3 Å². The summed E-state index contributed by atoms with van der Waals surface area (Å²) in [5.74, 6) is 2.26. The molecule has 0 heterocycles. The third-order valence-corrected chi connectivity index (χ3v) is 3.05. The maximum absolute atomic E-state index is 5.88. The quantitative estimate of drug-likeness (QED) is 0.794. The highest BCUT2D eigenvalue weighted by molar-refractivity contribution is 5.39. The molecule has 2 heteroatoms. The van der Waals surface area contributed by atoms with E-state index in [1.165, 1.54) is 12.0 Å². The van der Waals surface area contributed by atoms with Crippen molar-refractivity contribution in [2.75, 3.05) is 7.11 Å². The van der Waals surface area contributed by atoms with Crippen molar-refractivity contribution in [2.45, 2.75) is 25.3 Å². The predicted molar refractivity (Wildman–Crippen MR) is 57.5 cm³/mol. The molecule has 14 heavy (non-hydrogen) atoms. The predicted octanol–water partition coefficient (Wildman–Crippen LogP) is 2.15. The van der Waals surface area contributed by atoms with Crippen LogP contribution >= 0.6 is 0 Å². The minimum Gasteiger partial charge on any atom is -0.496 e. The largest absolute Gasteiger partial charge is 0.496 e. The van der Waals surface area contributed by atoms with Crippen LogP contribution in [0.5, 0.6) is 5.75 Å². The first-order valence-electron chi connectivity index (χ1n) is 5.12. The van der Waals surface area contributed by atoms with Crippen LogP contribution in [-0.4, -0.2) is 13.2 Å². The third kappa shape index (κ3) is 1.62. The second kappa shape index (κ2) is 3.62. The molecule has 3 atom stereocenters. The number of hydrogen-bond acceptors (Lipinski definition) is 2. The SMILES string of the molecule is COc1ccccc1[C@@H]1C[C@H]1[C@H](C)N. The van der Waals surface area contributed by atoms with Gasteiger partial charge in [-0.2, -0.15) is 0 Å². The van der Waals surface area contributed by atoms with Gasteiger partial charge < -0.3 is 10.5 Å². The van der Waals surface area contributed by atoms with E-state index in [2.05, 4.69) is 19.1 Å². The van der Waals surface area contributed by atoms with E-state index in [0.29, 0.717) is 17.9 Å². The second-order valence-electron chi connectivity index (χ2n) is 4.11. The van der Waals surface area contributed by atoms with Gasteiger partial charge in [0.2, 0.25) is 0 Å². The van der Waals surface area contributed by atoms with E-state index in [4.69, 9.17) is 10.5 Å². The second-order valence-corrected chi connectivity index (χ2v) is 4.11. The standard InChI is InChI=1S/C12H17NO/c1-8(13)10-7-11(10)9-5-3-4-6-12(9)14-2/h3-6,8,10-11H,7,13H2,1-2H3/t8-,10-,11-/m0/s1. The maximum Gasteiger partial charge on any atom is 0.122 e. The topological polar surface area (TPSA) is 35.2 Å². The molecule has 76 valence electrons. The van der Waals surface area contributed by atoms with E-state index in [-0.39, 0.29) is 0 Å². The zero-order valence-corrected chi connectivity index (χ0v) is 8.73. The first-order valence-corrected chi connectivity index (χ1v) is 5.12. The number of para-hydroxylation sites is 1. The van der Waals surface area contributed by atoms with Crippen molar-refractivity contribution in [3.63, 3.8) is 0 Å². The Morgan fingerprint density at radius 1 is 1.43 bits per heavy atom. The molecule has 0 amide bonds. The van der Waals surface area contributed by atoms with Crippen LogP contribution in [0.1, 0.15) is 24.8 Å². The summed E-state index contributed by atoms with van der Waals surface area (Å²) in [4.78, 5) is 0. The van der Waals surface area contributed by atoms with Gasteiger partial charge in [-0.25, -0.2) is 0 Å². The van der Waals surface area contributed by atoms with Crippen molar-refractivity contribution in [1.82, 2.24) is 0 Å². The molecule has 2 rings (SSSR count). The van der Waals surface area contributed by atoms with Crippen LogP contribution in [0.4, 0.5) is 0 Å². The summed E-state index contributed by atoms with van der Waals surface area (Å²) < 4.78 is 5.33. The number of rotatable bonds is 3. The van der Waals surface area contributed by atoms with Crippen molar-refractivity contribution < 1.29 is 4.74 Å². The molecule has 0 bridgehead atoms. The Morgan fingerprint density at radius 3 is 2.71 bits per heavy atom. The van der Waals surface area contributed by atoms with Crippen LogP contribution < -0.4 is 10.5 Å². The Hall–Kier alpha value is -1.02. The smallest absolute Gasteiger partial charge is 0.122 e. The molecular formula is C12H17NO. The number of ether oxygens (including phenoxy) is 1. The average Bonchev–Trinajstić information content (AvgIpc) is 2.97. The molecule has 2 nitrogen and oxygen atoms in total. The van der Waals surface area contributed by atoms with Gasteiger partial charge in [-0.1, -0.05) is 18.2 Å². The minimum atomic E-state index is 0.296. The Kier molecular flexibility index (Phi) is 2.46. The summed E-state index contributed by atoms with van der Waals surface area (Å²) in [5, 5.41) is 0. The van der Waals surface area contributed by atoms with Gasteiger partial charge in [-0.15, -0.1) is 0 Å². The van der Waals surface area contributed by atoms with Crippen LogP contribution in [0.2, 0.25) is 0 Å². The van der Waals surface area contributed by atoms with E-state index in [9.17, 15) is 0 Å². The van der Waals surface area contributed by atoms with Crippen LogP contribution in [0.3, 0.4) is 0 Å². The molecule has 1 saturated carbocycles. The summed E-state index contributed by atoms with van der Waals surface area (Å²) in [6.45, 7) is 2.08. The molecule has 0 spiro atoms. The summed E-state index contributed by atoms with van der Waals surface area (Å²) in [7, 11) is 1.72. The van der Waals surface area contributed by atoms with E-state index in [0.717, 1.165) is 5.75 Å². The lowest BCUT2D eigenvalue weighted by atomic mass is 10.1. The van der Waals surface area contributed by atoms with Crippen LogP contribution in [-0.2, 0) is 0 Å². The first kappa shape index (κ1) is 9.53. The highest BCUT2D eigenvalue weighted by atomic mass is 16.5. The number of nitrogens with two attached hydrogens (primary N) is 1. The van der Waals surface area contributed by atoms with Crippen molar-refractivity contribution >= 4 is 0 Å². The first-order chi connectivity index (χ1) is 6.74. The molecule has 2 N–H and O–H groups in total. The Balaban J connectivity index is 2.18. The van der Waals surface area contributed by atoms with Crippen molar-refractivity contribution in [3.05, 3.63) is 29.8 Å². The zero-order chi connectivity index (χ0) is 10.1. The van der Waals surface area contributed by atoms with Gasteiger partial charge in [-0.3, -0.25) is 0 Å². The molecule has 1 aliphatic carbocycles. The van der Waals surface area contributed by atoms with Gasteiger partial charge in [0.15, 0.2) is 0 Å². The molecule has 0 saturated heterocycles. The molecule has 0 aliphatic heterocycles. The summed E-state index contributed by atoms with van der Waals surface area (Å²) in [6.07, 6.45) is 1.21. The lowest BCUT2D eigenvalue weighted by molar-refractivity contribution is 0.408. The Bertz CT molecular complexity index is 322. The van der Waals surface area contributed by atoms with Crippen molar-refractivity contribution in [3.8, 4) is 5.75 Å². The molecule has 1 aromatic carbocycles. The third-order valence-electron chi connectivity index (χ3n) is 3.05. The zero-order valence-electron chi connectivity index (χ0n) is 8.73. The van der Waals surface area contributed by atoms with E-state index < -0.39 is 0 Å². The summed E-state index contributed by atoms with van der Waals surface area (Å²) in [5.41, 5.74) is 7.19. The van der Waals surface area contributed by atoms with Gasteiger partial charge in [-0.05, 0) is 36.8 Å². The van der Waals surface area contributed by atoms with Crippen LogP contribution in [0.25, 0.3) is 0 Å². The lowest BCUT2D eigenvalue weighted by Crippen LogP contribution is -2.18. The number of methoxy groups -OCH3 is 1. The fourth-order valence-corrected chi connectivity index (χ4v) is 2.13. The molecule has 0 aromatic heterocycles. The lowest BCUT2D eigenvalue weighted by Gasteiger charge is -2.08. The monoisotopic (exact) mass is 191 g/mol. The molecular weight excluding hydrogens is 174 g/mol. The van der Waals surface area contributed by atoms with Gasteiger partial charge in [0.25, 0.3) is 0 Å². The maximum atomic E-state index is 5.88. The summed E-state index contributed by atoms with van der Waals surface area (Å²) in [6, 6.07) is 8.53. The fourth-order valence-electron chi connectivity index (χ4n) is 2.13. The number of hydrogen-bond donors (Lipinski definition) is 1. The molecule has 1 aromatic rings. The van der Waals surface area contributed by atoms with E-state index >= 15 is 0 Å². The van der Waals surface area contributed by atoms with Gasteiger partial charge in [0.05, 0.1) is 7.11 Å². The van der Waals surface area contributed by atoms with E-state index in [1.807, 2.05) is 12.1 Å². The number of benzene rings is 1. The Morgan fingerprint density at radius 2 is 2.14 bits per heavy atom. The van der Waals surface area contributed by atoms with Gasteiger partial charge in [0, 0.05) is 6.04 Å². The fraction of sp³-hybridized carbons (Fsp3) is 0.500. The van der Waals surface area contributed by atoms with Crippen molar-refractivity contribution in [2.24, 2.45) is 11.7 Å². The molecule has 1 aliphatic rings. The highest BCUT2D eigenvalue weighted by Crippen LogP contribution is 2.51. The molecule has 0 radical (unpaired) electrons. The normalized spacial score (nSPS) is 27.1. The molecule has 1 fully saturated rings. The van der Waals surface area contributed by atoms with Gasteiger partial charge >= 0.3 is 0 Å². The van der Waals surface area contributed by atoms with Crippen molar-refractivity contribution in [1.29, 1.82) is 0 Å². The highest BCUT2D eigenvalue weighted by Gasteiger charge is 2.41. The van der Waals surface area contributed by atoms with Gasteiger partial charge in [0.1, 0.15) is 5.75 Å². The van der Waals surface area contributed by atoms with E-state index in [1.54, 1.807) is 7.11 Å². The van der Waals surface area contributed by atoms with Crippen LogP contribution in [0, 0.1) is 5.92 Å². The average molecular weight is 191 g/mol. The Labute approximate surface area is 85.1 Å². The summed E-state index contributed by atoms with van der Waals surface area (Å²) >= 11 is 0. The molecule has 0 unspecified atom stereocenters. The minimum absolute atomic E-state index is 0.296.